The van der Waals surface area contributed by atoms with Crippen molar-refractivity contribution in [3.8, 4) is 23.5 Å². The summed E-state index contributed by atoms with van der Waals surface area (Å²) in [5, 5.41) is 15.0. The highest BCUT2D eigenvalue weighted by Crippen LogP contribution is 2.44. The summed E-state index contributed by atoms with van der Waals surface area (Å²) in [7, 11) is 0. The monoisotopic (exact) mass is 474 g/mol. The van der Waals surface area contributed by atoms with Crippen LogP contribution in [0.4, 0.5) is 4.79 Å². The van der Waals surface area contributed by atoms with Crippen LogP contribution in [-0.4, -0.2) is 41.3 Å². The van der Waals surface area contributed by atoms with Gasteiger partial charge in [0.05, 0.1) is 0 Å². The number of carbonyl (C=O) groups is 3. The van der Waals surface area contributed by atoms with Crippen LogP contribution in [0, 0.1) is 18.3 Å². The minimum atomic E-state index is -1.35. The molecule has 0 bridgehead atoms. The molecule has 7 nitrogen and oxygen atoms in total. The molecule has 1 saturated carbocycles. The van der Waals surface area contributed by atoms with Crippen molar-refractivity contribution in [2.24, 2.45) is 5.92 Å². The molecule has 3 N–H and O–H groups in total. The highest BCUT2D eigenvalue weighted by atomic mass is 16.5. The van der Waals surface area contributed by atoms with Gasteiger partial charge >= 0.3 is 12.1 Å². The number of hydrogen-bond acceptors (Lipinski definition) is 4. The zero-order chi connectivity index (χ0) is 25.0. The van der Waals surface area contributed by atoms with Gasteiger partial charge in [0, 0.05) is 12.3 Å². The molecule has 2 aliphatic rings. The maximum absolute atomic E-state index is 13.0. The molecule has 0 aliphatic heterocycles. The van der Waals surface area contributed by atoms with E-state index in [1.165, 1.54) is 0 Å². The van der Waals surface area contributed by atoms with Crippen LogP contribution in [0.1, 0.15) is 56.1 Å². The zero-order valence-electron chi connectivity index (χ0n) is 19.8. The van der Waals surface area contributed by atoms with Crippen LogP contribution in [0.5, 0.6) is 0 Å². The van der Waals surface area contributed by atoms with Gasteiger partial charge in [0.15, 0.2) is 0 Å². The summed E-state index contributed by atoms with van der Waals surface area (Å²) in [6.07, 6.45) is 6.65. The second-order valence-electron chi connectivity index (χ2n) is 9.49. The van der Waals surface area contributed by atoms with Crippen molar-refractivity contribution in [1.29, 1.82) is 0 Å². The lowest BCUT2D eigenvalue weighted by Crippen LogP contribution is -2.60. The molecule has 0 radical (unpaired) electrons. The minimum absolute atomic E-state index is 0.0812. The normalized spacial score (nSPS) is 21.7. The molecule has 0 heterocycles. The van der Waals surface area contributed by atoms with Crippen molar-refractivity contribution in [2.75, 3.05) is 6.61 Å². The first-order chi connectivity index (χ1) is 16.8. The Kier molecular flexibility index (Phi) is 7.11. The highest BCUT2D eigenvalue weighted by Gasteiger charge is 2.43. The summed E-state index contributed by atoms with van der Waals surface area (Å²) in [6, 6.07) is 14.9. The molecule has 7 heteroatoms. The Morgan fingerprint density at radius 3 is 2.20 bits per heavy atom. The van der Waals surface area contributed by atoms with E-state index in [2.05, 4.69) is 23.5 Å². The number of carbonyl (C=O) groups excluding carboxylic acids is 2. The quantitative estimate of drug-likeness (QED) is 0.525. The molecule has 0 aromatic heterocycles. The molecule has 0 saturated heterocycles. The number of terminal acetylenes is 1. The first-order valence-corrected chi connectivity index (χ1v) is 11.9. The second-order valence-corrected chi connectivity index (χ2v) is 9.49. The molecule has 182 valence electrons. The van der Waals surface area contributed by atoms with Gasteiger partial charge in [-0.3, -0.25) is 4.79 Å². The third kappa shape index (κ3) is 5.02. The van der Waals surface area contributed by atoms with Crippen molar-refractivity contribution >= 4 is 18.0 Å². The average Bonchev–Trinajstić information content (AvgIpc) is 3.17. The topological polar surface area (TPSA) is 105 Å². The number of carboxylic acid groups (broad SMARTS) is 1. The fourth-order valence-corrected chi connectivity index (χ4v) is 5.08. The average molecular weight is 475 g/mol. The molecule has 2 aromatic carbocycles. The van der Waals surface area contributed by atoms with Gasteiger partial charge in [-0.15, -0.1) is 12.3 Å². The summed E-state index contributed by atoms with van der Waals surface area (Å²) in [5.41, 5.74) is 3.04. The standard InChI is InChI=1S/C28H30N2O5/c1-3-8-24(25(31)30-28(26(32)33)15-13-18(2)14-16-28)29-27(34)35-17-23-21-11-6-4-9-19(21)20-10-5-7-12-22(20)23/h1,4-7,9-12,18,23-24H,8,13-17H2,2H3,(H,29,34)(H,30,31)(H,32,33). The third-order valence-electron chi connectivity index (χ3n) is 7.17. The summed E-state index contributed by atoms with van der Waals surface area (Å²) in [5.74, 6) is 0.981. The summed E-state index contributed by atoms with van der Waals surface area (Å²) in [4.78, 5) is 37.6. The van der Waals surface area contributed by atoms with Crippen LogP contribution < -0.4 is 10.6 Å². The second kappa shape index (κ2) is 10.2. The molecular formula is C28H30N2O5. The number of aliphatic carboxylic acids is 1. The molecule has 1 atom stereocenters. The number of benzene rings is 2. The first kappa shape index (κ1) is 24.3. The number of ether oxygens (including phenoxy) is 1. The van der Waals surface area contributed by atoms with Crippen LogP contribution >= 0.6 is 0 Å². The highest BCUT2D eigenvalue weighted by molar-refractivity contribution is 5.91. The van der Waals surface area contributed by atoms with Crippen molar-refractivity contribution in [1.82, 2.24) is 10.6 Å². The Morgan fingerprint density at radius 2 is 1.66 bits per heavy atom. The van der Waals surface area contributed by atoms with E-state index < -0.39 is 29.6 Å². The van der Waals surface area contributed by atoms with Crippen molar-refractivity contribution in [3.63, 3.8) is 0 Å². The third-order valence-corrected chi connectivity index (χ3v) is 7.17. The van der Waals surface area contributed by atoms with E-state index in [9.17, 15) is 19.5 Å². The number of hydrogen-bond donors (Lipinski definition) is 3. The fraction of sp³-hybridized carbons (Fsp3) is 0.393. The molecular weight excluding hydrogens is 444 g/mol. The van der Waals surface area contributed by atoms with Crippen LogP contribution in [0.25, 0.3) is 11.1 Å². The van der Waals surface area contributed by atoms with Gasteiger partial charge in [-0.2, -0.15) is 0 Å². The lowest BCUT2D eigenvalue weighted by Gasteiger charge is -2.37. The molecule has 0 spiro atoms. The van der Waals surface area contributed by atoms with Crippen LogP contribution in [0.15, 0.2) is 48.5 Å². The van der Waals surface area contributed by atoms with Gasteiger partial charge in [0.25, 0.3) is 0 Å². The zero-order valence-corrected chi connectivity index (χ0v) is 19.8. The van der Waals surface area contributed by atoms with E-state index in [-0.39, 0.29) is 18.9 Å². The van der Waals surface area contributed by atoms with Crippen LogP contribution in [0.2, 0.25) is 0 Å². The van der Waals surface area contributed by atoms with E-state index >= 15 is 0 Å². The maximum Gasteiger partial charge on any atom is 0.407 e. The molecule has 2 amide bonds. The van der Waals surface area contributed by atoms with Crippen LogP contribution in [-0.2, 0) is 14.3 Å². The number of alkyl carbamates (subject to hydrolysis) is 1. The maximum atomic E-state index is 13.0. The Bertz CT molecular complexity index is 1110. The molecule has 2 aromatic rings. The van der Waals surface area contributed by atoms with E-state index in [4.69, 9.17) is 11.2 Å². The number of fused-ring (bicyclic) bond motifs is 3. The first-order valence-electron chi connectivity index (χ1n) is 11.9. The van der Waals surface area contributed by atoms with Gasteiger partial charge in [-0.05, 0) is 53.9 Å². The van der Waals surface area contributed by atoms with Gasteiger partial charge in [-0.1, -0.05) is 55.5 Å². The van der Waals surface area contributed by atoms with E-state index in [0.717, 1.165) is 22.3 Å². The van der Waals surface area contributed by atoms with Crippen LogP contribution in [0.3, 0.4) is 0 Å². The molecule has 1 unspecified atom stereocenters. The van der Waals surface area contributed by atoms with E-state index in [1.807, 2.05) is 48.5 Å². The number of nitrogens with one attached hydrogen (secondary N) is 2. The molecule has 35 heavy (non-hydrogen) atoms. The Morgan fingerprint density at radius 1 is 1.09 bits per heavy atom. The van der Waals surface area contributed by atoms with Gasteiger partial charge < -0.3 is 20.5 Å². The predicted octanol–water partition coefficient (Wildman–Crippen LogP) is 4.07. The summed E-state index contributed by atoms with van der Waals surface area (Å²) < 4.78 is 5.53. The Labute approximate surface area is 205 Å². The van der Waals surface area contributed by atoms with Gasteiger partial charge in [-0.25, -0.2) is 9.59 Å². The van der Waals surface area contributed by atoms with Gasteiger partial charge in [0.1, 0.15) is 18.2 Å². The van der Waals surface area contributed by atoms with Crippen molar-refractivity contribution in [3.05, 3.63) is 59.7 Å². The van der Waals surface area contributed by atoms with Gasteiger partial charge in [0.2, 0.25) is 5.91 Å². The summed E-state index contributed by atoms with van der Waals surface area (Å²) >= 11 is 0. The molecule has 1 fully saturated rings. The largest absolute Gasteiger partial charge is 0.480 e. The minimum Gasteiger partial charge on any atom is -0.480 e. The summed E-state index contributed by atoms with van der Waals surface area (Å²) in [6.45, 7) is 2.16. The lowest BCUT2D eigenvalue weighted by atomic mass is 9.77. The molecule has 4 rings (SSSR count). The fourth-order valence-electron chi connectivity index (χ4n) is 5.08. The smallest absolute Gasteiger partial charge is 0.407 e. The van der Waals surface area contributed by atoms with E-state index in [0.29, 0.717) is 31.6 Å². The number of amides is 2. The SMILES string of the molecule is C#CCC(NC(=O)OCC1c2ccccc2-c2ccccc21)C(=O)NC1(C(=O)O)CCC(C)CC1. The van der Waals surface area contributed by atoms with Crippen molar-refractivity contribution in [2.45, 2.75) is 56.5 Å². The van der Waals surface area contributed by atoms with Crippen molar-refractivity contribution < 1.29 is 24.2 Å². The molecule has 2 aliphatic carbocycles. The Balaban J connectivity index is 1.41. The Hall–Kier alpha value is -3.79. The van der Waals surface area contributed by atoms with E-state index in [1.54, 1.807) is 0 Å². The number of carboxylic acids is 1. The predicted molar refractivity (Wildman–Crippen MR) is 132 cm³/mol. The lowest BCUT2D eigenvalue weighted by molar-refractivity contribution is -0.150. The number of rotatable bonds is 7.